The third-order valence-corrected chi connectivity index (χ3v) is 2.33. The normalized spacial score (nSPS) is 10.5. The predicted octanol–water partition coefficient (Wildman–Crippen LogP) is 2.07. The van der Waals surface area contributed by atoms with Crippen LogP contribution in [0.25, 0.3) is 0 Å². The molecule has 0 fully saturated rings. The molecule has 0 aliphatic heterocycles. The van der Waals surface area contributed by atoms with Crippen molar-refractivity contribution in [3.8, 4) is 6.19 Å². The van der Waals surface area contributed by atoms with E-state index in [2.05, 4.69) is 15.6 Å². The Morgan fingerprint density at radius 2 is 2.29 bits per heavy atom. The van der Waals surface area contributed by atoms with E-state index in [1.807, 2.05) is 12.4 Å². The number of carbonyl (C=O) groups excluding carboxylic acids is 1. The molecular formula is C11H12N4OS. The van der Waals surface area contributed by atoms with Crippen molar-refractivity contribution in [3.05, 3.63) is 24.3 Å². The quantitative estimate of drug-likeness (QED) is 0.363. The SMILES string of the molecule is CSC(=Nc1cccc(NC(C)=O)c1)NC#N. The minimum atomic E-state index is -0.133. The van der Waals surface area contributed by atoms with Gasteiger partial charge in [-0.3, -0.25) is 10.1 Å². The lowest BCUT2D eigenvalue weighted by Gasteiger charge is -2.03. The summed E-state index contributed by atoms with van der Waals surface area (Å²) in [7, 11) is 0. The smallest absolute Gasteiger partial charge is 0.221 e. The number of hydrogen-bond acceptors (Lipinski definition) is 4. The minimum absolute atomic E-state index is 0.133. The Labute approximate surface area is 104 Å². The van der Waals surface area contributed by atoms with Gasteiger partial charge in [-0.1, -0.05) is 17.8 Å². The number of amides is 1. The van der Waals surface area contributed by atoms with Gasteiger partial charge in [-0.25, -0.2) is 4.99 Å². The molecule has 1 amide bonds. The fraction of sp³-hybridized carbons (Fsp3) is 0.182. The number of aliphatic imine (C=N–C) groups is 1. The van der Waals surface area contributed by atoms with E-state index < -0.39 is 0 Å². The molecule has 0 saturated heterocycles. The zero-order valence-corrected chi connectivity index (χ0v) is 10.3. The van der Waals surface area contributed by atoms with Gasteiger partial charge in [0.25, 0.3) is 0 Å². The largest absolute Gasteiger partial charge is 0.326 e. The van der Waals surface area contributed by atoms with Crippen LogP contribution in [-0.4, -0.2) is 17.3 Å². The van der Waals surface area contributed by atoms with Gasteiger partial charge in [-0.15, -0.1) is 0 Å². The average Bonchev–Trinajstić information content (AvgIpc) is 2.28. The number of amidine groups is 1. The van der Waals surface area contributed by atoms with Gasteiger partial charge in [0.1, 0.15) is 0 Å². The maximum absolute atomic E-state index is 10.9. The number of hydrogen-bond donors (Lipinski definition) is 2. The van der Waals surface area contributed by atoms with Gasteiger partial charge in [0.15, 0.2) is 11.4 Å². The first-order valence-corrected chi connectivity index (χ1v) is 6.03. The number of anilines is 1. The molecule has 0 aliphatic rings. The molecule has 1 rings (SSSR count). The molecule has 1 aromatic carbocycles. The maximum Gasteiger partial charge on any atom is 0.221 e. The van der Waals surface area contributed by atoms with Gasteiger partial charge in [0.2, 0.25) is 5.91 Å². The molecule has 6 heteroatoms. The van der Waals surface area contributed by atoms with E-state index in [1.165, 1.54) is 18.7 Å². The van der Waals surface area contributed by atoms with Gasteiger partial charge in [0, 0.05) is 12.6 Å². The Kier molecular flexibility index (Phi) is 5.04. The van der Waals surface area contributed by atoms with Crippen molar-refractivity contribution in [2.45, 2.75) is 6.92 Å². The number of nitriles is 1. The fourth-order valence-corrected chi connectivity index (χ4v) is 1.49. The summed E-state index contributed by atoms with van der Waals surface area (Å²) in [5.74, 6) is -0.133. The number of thioether (sulfide) groups is 1. The predicted molar refractivity (Wildman–Crippen MR) is 70.1 cm³/mol. The Morgan fingerprint density at radius 3 is 2.88 bits per heavy atom. The lowest BCUT2D eigenvalue weighted by atomic mass is 10.3. The monoisotopic (exact) mass is 248 g/mol. The van der Waals surface area contributed by atoms with Gasteiger partial charge >= 0.3 is 0 Å². The Morgan fingerprint density at radius 1 is 1.53 bits per heavy atom. The van der Waals surface area contributed by atoms with Gasteiger partial charge in [-0.05, 0) is 24.5 Å². The Hall–Kier alpha value is -2.00. The zero-order chi connectivity index (χ0) is 12.7. The Bertz CT molecular complexity index is 479. The number of nitrogens with one attached hydrogen (secondary N) is 2. The van der Waals surface area contributed by atoms with Crippen LogP contribution in [0.1, 0.15) is 6.92 Å². The zero-order valence-electron chi connectivity index (χ0n) is 9.52. The Balaban J connectivity index is 2.91. The molecule has 5 nitrogen and oxygen atoms in total. The van der Waals surface area contributed by atoms with Crippen molar-refractivity contribution < 1.29 is 4.79 Å². The van der Waals surface area contributed by atoms with Crippen LogP contribution in [-0.2, 0) is 4.79 Å². The van der Waals surface area contributed by atoms with Crippen LogP contribution in [0.3, 0.4) is 0 Å². The van der Waals surface area contributed by atoms with E-state index in [0.29, 0.717) is 16.5 Å². The summed E-state index contributed by atoms with van der Waals surface area (Å²) in [6.45, 7) is 1.44. The van der Waals surface area contributed by atoms with Crippen molar-refractivity contribution in [2.75, 3.05) is 11.6 Å². The topological polar surface area (TPSA) is 77.3 Å². The van der Waals surface area contributed by atoms with E-state index in [1.54, 1.807) is 24.3 Å². The maximum atomic E-state index is 10.9. The van der Waals surface area contributed by atoms with Crippen molar-refractivity contribution in [1.82, 2.24) is 5.32 Å². The van der Waals surface area contributed by atoms with Crippen molar-refractivity contribution in [2.24, 2.45) is 4.99 Å². The highest BCUT2D eigenvalue weighted by Gasteiger charge is 1.99. The minimum Gasteiger partial charge on any atom is -0.326 e. The summed E-state index contributed by atoms with van der Waals surface area (Å²) in [4.78, 5) is 15.1. The van der Waals surface area contributed by atoms with E-state index >= 15 is 0 Å². The van der Waals surface area contributed by atoms with E-state index in [4.69, 9.17) is 5.26 Å². The summed E-state index contributed by atoms with van der Waals surface area (Å²) in [6.07, 6.45) is 3.63. The van der Waals surface area contributed by atoms with E-state index in [9.17, 15) is 4.79 Å². The van der Waals surface area contributed by atoms with Crippen LogP contribution in [0.5, 0.6) is 0 Å². The van der Waals surface area contributed by atoms with Crippen LogP contribution in [0.2, 0.25) is 0 Å². The summed E-state index contributed by atoms with van der Waals surface area (Å²) >= 11 is 1.34. The van der Waals surface area contributed by atoms with E-state index in [-0.39, 0.29) is 5.91 Å². The lowest BCUT2D eigenvalue weighted by Crippen LogP contribution is -2.12. The second-order valence-electron chi connectivity index (χ2n) is 3.09. The second-order valence-corrected chi connectivity index (χ2v) is 3.88. The molecule has 88 valence electrons. The first-order valence-electron chi connectivity index (χ1n) is 4.81. The van der Waals surface area contributed by atoms with E-state index in [0.717, 1.165) is 0 Å². The van der Waals surface area contributed by atoms with Crippen molar-refractivity contribution >= 4 is 34.2 Å². The number of carbonyl (C=O) groups is 1. The van der Waals surface area contributed by atoms with Crippen molar-refractivity contribution in [3.63, 3.8) is 0 Å². The molecular weight excluding hydrogens is 236 g/mol. The number of rotatable bonds is 2. The highest BCUT2D eigenvalue weighted by Crippen LogP contribution is 2.19. The van der Waals surface area contributed by atoms with Crippen LogP contribution in [0.4, 0.5) is 11.4 Å². The van der Waals surface area contributed by atoms with Crippen LogP contribution in [0, 0.1) is 11.5 Å². The van der Waals surface area contributed by atoms with Gasteiger partial charge in [0.05, 0.1) is 5.69 Å². The summed E-state index contributed by atoms with van der Waals surface area (Å²) in [5, 5.41) is 14.2. The fourth-order valence-electron chi connectivity index (χ4n) is 1.15. The summed E-state index contributed by atoms with van der Waals surface area (Å²) in [6, 6.07) is 7.09. The number of nitrogens with zero attached hydrogens (tertiary/aromatic N) is 2. The van der Waals surface area contributed by atoms with Gasteiger partial charge < -0.3 is 5.32 Å². The van der Waals surface area contributed by atoms with Crippen LogP contribution >= 0.6 is 11.8 Å². The van der Waals surface area contributed by atoms with Crippen LogP contribution in [0.15, 0.2) is 29.3 Å². The standard InChI is InChI=1S/C11H12N4OS/c1-8(16)14-9-4-3-5-10(6-9)15-11(17-2)13-7-12/h3-6H,1-2H3,(H,13,15)(H,14,16). The van der Waals surface area contributed by atoms with Crippen molar-refractivity contribution in [1.29, 1.82) is 5.26 Å². The number of benzene rings is 1. The molecule has 0 aromatic heterocycles. The second kappa shape index (κ2) is 6.55. The molecule has 2 N–H and O–H groups in total. The third kappa shape index (κ3) is 4.57. The molecule has 0 heterocycles. The molecule has 0 radical (unpaired) electrons. The summed E-state index contributed by atoms with van der Waals surface area (Å²) < 4.78 is 0. The van der Waals surface area contributed by atoms with Crippen LogP contribution < -0.4 is 10.6 Å². The lowest BCUT2D eigenvalue weighted by molar-refractivity contribution is -0.114. The highest BCUT2D eigenvalue weighted by molar-refractivity contribution is 8.13. The molecule has 17 heavy (non-hydrogen) atoms. The molecule has 1 aromatic rings. The van der Waals surface area contributed by atoms with Gasteiger partial charge in [-0.2, -0.15) is 5.26 Å². The molecule has 0 atom stereocenters. The summed E-state index contributed by atoms with van der Waals surface area (Å²) in [5.41, 5.74) is 1.35. The molecule has 0 unspecified atom stereocenters. The first kappa shape index (κ1) is 13.1. The molecule has 0 aliphatic carbocycles. The molecule has 0 spiro atoms. The average molecular weight is 248 g/mol. The first-order chi connectivity index (χ1) is 8.15. The molecule has 0 saturated carbocycles. The third-order valence-electron chi connectivity index (χ3n) is 1.75. The molecule has 0 bridgehead atoms. The highest BCUT2D eigenvalue weighted by atomic mass is 32.2.